The van der Waals surface area contributed by atoms with E-state index in [-0.39, 0.29) is 11.6 Å². The molecule has 4 heteroatoms. The van der Waals surface area contributed by atoms with E-state index in [2.05, 4.69) is 69.3 Å². The zero-order valence-electron chi connectivity index (χ0n) is 16.8. The summed E-state index contributed by atoms with van der Waals surface area (Å²) in [5.41, 5.74) is 0.0683. The highest BCUT2D eigenvalue weighted by Crippen LogP contribution is 2.50. The SMILES string of the molecule is CCOC(=O)CC[C@H]1[C@@H](C)C(C)(C)O[Si]1(c1ccccc1)c1ccccc1. The van der Waals surface area contributed by atoms with Crippen molar-refractivity contribution >= 4 is 24.7 Å². The molecule has 1 fully saturated rings. The molecule has 2 aromatic rings. The first kappa shape index (κ1) is 19.8. The van der Waals surface area contributed by atoms with Crippen LogP contribution in [0, 0.1) is 5.92 Å². The molecule has 0 N–H and O–H groups in total. The number of carbonyl (C=O) groups is 1. The van der Waals surface area contributed by atoms with Crippen molar-refractivity contribution < 1.29 is 14.0 Å². The second kappa shape index (κ2) is 7.99. The standard InChI is InChI=1S/C23H30O3Si/c1-5-25-22(24)17-16-21-18(2)23(3,4)26-27(21,19-12-8-6-9-13-19)20-14-10-7-11-15-20/h6-15,18,21H,5,16-17H2,1-4H3/t18-,21+/m1/s1. The lowest BCUT2D eigenvalue weighted by Gasteiger charge is -2.34. The summed E-state index contributed by atoms with van der Waals surface area (Å²) in [6, 6.07) is 21.3. The lowest BCUT2D eigenvalue weighted by Crippen LogP contribution is -2.62. The maximum absolute atomic E-state index is 12.1. The van der Waals surface area contributed by atoms with Crippen LogP contribution in [0.2, 0.25) is 5.54 Å². The number of benzene rings is 2. The maximum Gasteiger partial charge on any atom is 0.305 e. The van der Waals surface area contributed by atoms with Gasteiger partial charge >= 0.3 is 5.97 Å². The van der Waals surface area contributed by atoms with E-state index in [1.54, 1.807) is 0 Å². The molecule has 0 aromatic heterocycles. The Hall–Kier alpha value is -1.91. The average molecular weight is 383 g/mol. The minimum atomic E-state index is -2.51. The van der Waals surface area contributed by atoms with Crippen LogP contribution in [-0.2, 0) is 14.0 Å². The fourth-order valence-corrected chi connectivity index (χ4v) is 10.1. The second-order valence-corrected chi connectivity index (χ2v) is 11.5. The fraction of sp³-hybridized carbons (Fsp3) is 0.435. The van der Waals surface area contributed by atoms with Crippen LogP contribution in [0.15, 0.2) is 60.7 Å². The molecule has 0 aliphatic carbocycles. The van der Waals surface area contributed by atoms with Gasteiger partial charge in [-0.2, -0.15) is 0 Å². The van der Waals surface area contributed by atoms with E-state index in [0.717, 1.165) is 6.42 Å². The number of ether oxygens (including phenoxy) is 1. The van der Waals surface area contributed by atoms with Crippen LogP contribution in [-0.4, -0.2) is 26.5 Å². The normalized spacial score (nSPS) is 23.1. The van der Waals surface area contributed by atoms with E-state index in [4.69, 9.17) is 9.16 Å². The lowest BCUT2D eigenvalue weighted by molar-refractivity contribution is -0.143. The molecule has 3 rings (SSSR count). The van der Waals surface area contributed by atoms with Crippen LogP contribution in [0.25, 0.3) is 0 Å². The van der Waals surface area contributed by atoms with Crippen molar-refractivity contribution in [2.75, 3.05) is 6.61 Å². The summed E-state index contributed by atoms with van der Waals surface area (Å²) >= 11 is 0. The van der Waals surface area contributed by atoms with Crippen LogP contribution in [0.5, 0.6) is 0 Å². The van der Waals surface area contributed by atoms with Crippen LogP contribution in [0.1, 0.15) is 40.5 Å². The van der Waals surface area contributed by atoms with Crippen LogP contribution in [0.3, 0.4) is 0 Å². The quantitative estimate of drug-likeness (QED) is 0.561. The Labute approximate surface area is 163 Å². The van der Waals surface area contributed by atoms with E-state index in [9.17, 15) is 4.79 Å². The summed E-state index contributed by atoms with van der Waals surface area (Å²) in [6.07, 6.45) is 1.23. The molecule has 3 nitrogen and oxygen atoms in total. The predicted molar refractivity (Wildman–Crippen MR) is 112 cm³/mol. The fourth-order valence-electron chi connectivity index (χ4n) is 4.46. The molecule has 1 aliphatic rings. The summed E-state index contributed by atoms with van der Waals surface area (Å²) in [5, 5.41) is 2.56. The Morgan fingerprint density at radius 2 is 1.56 bits per heavy atom. The van der Waals surface area contributed by atoms with Gasteiger partial charge in [0, 0.05) is 6.42 Å². The molecule has 0 unspecified atom stereocenters. The summed E-state index contributed by atoms with van der Waals surface area (Å²) in [7, 11) is -2.51. The molecule has 0 spiro atoms. The molecule has 144 valence electrons. The molecule has 1 heterocycles. The average Bonchev–Trinajstić information content (AvgIpc) is 2.89. The first-order chi connectivity index (χ1) is 12.9. The largest absolute Gasteiger partial charge is 0.466 e. The zero-order valence-corrected chi connectivity index (χ0v) is 17.8. The van der Waals surface area contributed by atoms with Crippen LogP contribution in [0.4, 0.5) is 0 Å². The van der Waals surface area contributed by atoms with Crippen LogP contribution < -0.4 is 10.4 Å². The molecular formula is C23H30O3Si. The highest BCUT2D eigenvalue weighted by Gasteiger charge is 2.60. The first-order valence-corrected chi connectivity index (χ1v) is 11.9. The summed E-state index contributed by atoms with van der Waals surface area (Å²) in [6.45, 7) is 8.94. The minimum absolute atomic E-state index is 0.113. The first-order valence-electron chi connectivity index (χ1n) is 9.88. The molecule has 0 amide bonds. The second-order valence-electron chi connectivity index (χ2n) is 7.91. The van der Waals surface area contributed by atoms with E-state index >= 15 is 0 Å². The Morgan fingerprint density at radius 3 is 2.04 bits per heavy atom. The molecule has 27 heavy (non-hydrogen) atoms. The van der Waals surface area contributed by atoms with Gasteiger partial charge in [0.05, 0.1) is 12.2 Å². The lowest BCUT2D eigenvalue weighted by atomic mass is 9.88. The van der Waals surface area contributed by atoms with Crippen molar-refractivity contribution in [2.24, 2.45) is 5.92 Å². The van der Waals surface area contributed by atoms with Gasteiger partial charge in [-0.1, -0.05) is 67.6 Å². The molecule has 2 atom stereocenters. The van der Waals surface area contributed by atoms with Gasteiger partial charge < -0.3 is 9.16 Å². The number of esters is 1. The van der Waals surface area contributed by atoms with E-state index in [0.29, 0.717) is 24.5 Å². The summed E-state index contributed by atoms with van der Waals surface area (Å²) in [5.74, 6) is 0.234. The van der Waals surface area contributed by atoms with E-state index < -0.39 is 8.32 Å². The van der Waals surface area contributed by atoms with Crippen molar-refractivity contribution in [1.29, 1.82) is 0 Å². The maximum atomic E-state index is 12.1. The van der Waals surface area contributed by atoms with Gasteiger partial charge in [0.1, 0.15) is 0 Å². The molecule has 0 bridgehead atoms. The predicted octanol–water partition coefficient (Wildman–Crippen LogP) is 3.90. The van der Waals surface area contributed by atoms with Crippen LogP contribution >= 0.6 is 0 Å². The van der Waals surface area contributed by atoms with Crippen molar-refractivity contribution in [3.8, 4) is 0 Å². The third-order valence-electron chi connectivity index (χ3n) is 6.02. The van der Waals surface area contributed by atoms with Crippen molar-refractivity contribution in [1.82, 2.24) is 0 Å². The number of rotatable bonds is 6. The Balaban J connectivity index is 2.09. The van der Waals surface area contributed by atoms with E-state index in [1.165, 1.54) is 10.4 Å². The van der Waals surface area contributed by atoms with Gasteiger partial charge in [0.2, 0.25) is 0 Å². The molecule has 2 aromatic carbocycles. The minimum Gasteiger partial charge on any atom is -0.466 e. The highest BCUT2D eigenvalue weighted by molar-refractivity contribution is 6.99. The summed E-state index contributed by atoms with van der Waals surface area (Å²) < 4.78 is 12.2. The van der Waals surface area contributed by atoms with Gasteiger partial charge in [-0.25, -0.2) is 0 Å². The number of hydrogen-bond acceptors (Lipinski definition) is 3. The number of hydrogen-bond donors (Lipinski definition) is 0. The smallest absolute Gasteiger partial charge is 0.305 e. The topological polar surface area (TPSA) is 35.5 Å². The molecule has 0 saturated carbocycles. The van der Waals surface area contributed by atoms with Gasteiger partial charge in [-0.15, -0.1) is 0 Å². The molecular weight excluding hydrogens is 352 g/mol. The van der Waals surface area contributed by atoms with Crippen molar-refractivity contribution in [3.05, 3.63) is 60.7 Å². The Morgan fingerprint density at radius 1 is 1.04 bits per heavy atom. The van der Waals surface area contributed by atoms with Gasteiger partial charge in [0.25, 0.3) is 8.32 Å². The van der Waals surface area contributed by atoms with Gasteiger partial charge in [-0.3, -0.25) is 4.79 Å². The highest BCUT2D eigenvalue weighted by atomic mass is 28.4. The monoisotopic (exact) mass is 382 g/mol. The molecule has 1 aliphatic heterocycles. The van der Waals surface area contributed by atoms with Crippen molar-refractivity contribution in [2.45, 2.75) is 51.7 Å². The Bertz CT molecular complexity index is 718. The number of carbonyl (C=O) groups excluding carboxylic acids is 1. The van der Waals surface area contributed by atoms with Crippen molar-refractivity contribution in [3.63, 3.8) is 0 Å². The zero-order chi connectivity index (χ0) is 19.5. The van der Waals surface area contributed by atoms with Gasteiger partial charge in [0.15, 0.2) is 0 Å². The summed E-state index contributed by atoms with van der Waals surface area (Å²) in [4.78, 5) is 12.1. The third-order valence-corrected chi connectivity index (χ3v) is 11.1. The van der Waals surface area contributed by atoms with E-state index in [1.807, 2.05) is 19.1 Å². The molecule has 0 radical (unpaired) electrons. The Kier molecular flexibility index (Phi) is 5.87. The third kappa shape index (κ3) is 3.74. The van der Waals surface area contributed by atoms with Gasteiger partial charge in [-0.05, 0) is 49.0 Å². The molecule has 1 saturated heterocycles.